The molecular weight excluding hydrogens is 514 g/mol. The van der Waals surface area contributed by atoms with Crippen molar-refractivity contribution in [3.05, 3.63) is 140 Å². The predicted molar refractivity (Wildman–Crippen MR) is 159 cm³/mol. The van der Waals surface area contributed by atoms with E-state index in [2.05, 4.69) is 0 Å². The van der Waals surface area contributed by atoms with Crippen LogP contribution in [0, 0.1) is 20.8 Å². The highest BCUT2D eigenvalue weighted by molar-refractivity contribution is 5.99. The van der Waals surface area contributed by atoms with Crippen LogP contribution in [0.4, 0.5) is 0 Å². The normalized spacial score (nSPS) is 14.4. The molecular formula is C35H31NO5. The van der Waals surface area contributed by atoms with Gasteiger partial charge in [-0.25, -0.2) is 0 Å². The lowest BCUT2D eigenvalue weighted by Crippen LogP contribution is -2.29. The van der Waals surface area contributed by atoms with Gasteiger partial charge in [0, 0.05) is 6.54 Å². The third-order valence-corrected chi connectivity index (χ3v) is 7.63. The number of carbonyl (C=O) groups is 1. The molecule has 4 aromatic carbocycles. The summed E-state index contributed by atoms with van der Waals surface area (Å²) < 4.78 is 18.0. The minimum Gasteiger partial charge on any atom is -0.493 e. The average molecular weight is 546 g/mol. The summed E-state index contributed by atoms with van der Waals surface area (Å²) in [5.74, 6) is 0.873. The van der Waals surface area contributed by atoms with Crippen molar-refractivity contribution in [2.45, 2.75) is 40.0 Å². The van der Waals surface area contributed by atoms with Gasteiger partial charge in [-0.05, 0) is 66.8 Å². The smallest absolute Gasteiger partial charge is 0.291 e. The average Bonchev–Trinajstić information content (AvgIpc) is 3.24. The molecule has 1 aliphatic rings. The van der Waals surface area contributed by atoms with Gasteiger partial charge >= 0.3 is 0 Å². The number of ether oxygens (including phenoxy) is 2. The first-order valence-corrected chi connectivity index (χ1v) is 13.6. The molecule has 1 atom stereocenters. The number of nitrogens with zero attached hydrogens (tertiary/aromatic N) is 1. The summed E-state index contributed by atoms with van der Waals surface area (Å²) in [7, 11) is 1.58. The van der Waals surface area contributed by atoms with Crippen molar-refractivity contribution in [2.24, 2.45) is 0 Å². The fourth-order valence-corrected chi connectivity index (χ4v) is 5.62. The summed E-state index contributed by atoms with van der Waals surface area (Å²) in [5, 5.41) is 0.499. The minimum absolute atomic E-state index is 0.0907. The van der Waals surface area contributed by atoms with E-state index in [0.29, 0.717) is 41.2 Å². The van der Waals surface area contributed by atoms with E-state index in [4.69, 9.17) is 13.9 Å². The Morgan fingerprint density at radius 1 is 0.805 bits per heavy atom. The zero-order valence-corrected chi connectivity index (χ0v) is 23.6. The molecule has 0 bridgehead atoms. The maximum Gasteiger partial charge on any atom is 0.291 e. The Bertz CT molecular complexity index is 1820. The summed E-state index contributed by atoms with van der Waals surface area (Å²) in [6.07, 6.45) is 0. The molecule has 0 N–H and O–H groups in total. The van der Waals surface area contributed by atoms with Crippen molar-refractivity contribution < 1.29 is 18.7 Å². The fourth-order valence-electron chi connectivity index (χ4n) is 5.62. The van der Waals surface area contributed by atoms with Gasteiger partial charge in [0.25, 0.3) is 5.91 Å². The van der Waals surface area contributed by atoms with Crippen molar-refractivity contribution in [2.75, 3.05) is 7.11 Å². The second-order valence-corrected chi connectivity index (χ2v) is 10.6. The van der Waals surface area contributed by atoms with Crippen LogP contribution in [-0.2, 0) is 13.2 Å². The van der Waals surface area contributed by atoms with Gasteiger partial charge in [0.05, 0.1) is 24.1 Å². The molecule has 2 heterocycles. The zero-order valence-electron chi connectivity index (χ0n) is 23.6. The molecule has 0 saturated heterocycles. The van der Waals surface area contributed by atoms with Crippen LogP contribution in [0.15, 0.2) is 94.1 Å². The second kappa shape index (κ2) is 10.6. The van der Waals surface area contributed by atoms with Gasteiger partial charge < -0.3 is 18.8 Å². The Kier molecular flexibility index (Phi) is 6.83. The molecule has 0 fully saturated rings. The van der Waals surface area contributed by atoms with E-state index >= 15 is 0 Å². The molecule has 0 spiro atoms. The Morgan fingerprint density at radius 2 is 1.56 bits per heavy atom. The van der Waals surface area contributed by atoms with Crippen LogP contribution in [0.3, 0.4) is 0 Å². The SMILES string of the molecule is COc1cc(C2c3c(oc4cc(C)cc(C)c4c3=O)C(=O)N2Cc2ccc(C)cc2)ccc1OCc1ccccc1. The summed E-state index contributed by atoms with van der Waals surface area (Å²) in [5.41, 5.74) is 6.24. The lowest BCUT2D eigenvalue weighted by molar-refractivity contribution is 0.0714. The number of aryl methyl sites for hydroxylation is 3. The van der Waals surface area contributed by atoms with Crippen LogP contribution in [0.25, 0.3) is 11.0 Å². The van der Waals surface area contributed by atoms with Crippen molar-refractivity contribution in [3.63, 3.8) is 0 Å². The first kappa shape index (κ1) is 26.4. The van der Waals surface area contributed by atoms with Crippen LogP contribution in [-0.4, -0.2) is 17.9 Å². The monoisotopic (exact) mass is 545 g/mol. The van der Waals surface area contributed by atoms with Gasteiger partial charge in [0.1, 0.15) is 12.2 Å². The number of carbonyl (C=O) groups excluding carboxylic acids is 1. The first-order chi connectivity index (χ1) is 19.8. The Balaban J connectivity index is 1.47. The van der Waals surface area contributed by atoms with Gasteiger partial charge in [0.15, 0.2) is 16.9 Å². The highest BCUT2D eigenvalue weighted by Gasteiger charge is 2.43. The topological polar surface area (TPSA) is 69.0 Å². The molecule has 1 aromatic heterocycles. The molecule has 5 aromatic rings. The van der Waals surface area contributed by atoms with Crippen LogP contribution in [0.5, 0.6) is 11.5 Å². The van der Waals surface area contributed by atoms with Crippen molar-refractivity contribution >= 4 is 16.9 Å². The fraction of sp³-hybridized carbons (Fsp3) is 0.200. The lowest BCUT2D eigenvalue weighted by Gasteiger charge is -2.26. The maximum absolute atomic E-state index is 14.1. The summed E-state index contributed by atoms with van der Waals surface area (Å²) in [4.78, 5) is 29.8. The van der Waals surface area contributed by atoms with E-state index in [1.165, 1.54) is 0 Å². The van der Waals surface area contributed by atoms with E-state index in [1.54, 1.807) is 12.0 Å². The summed E-state index contributed by atoms with van der Waals surface area (Å²) >= 11 is 0. The molecule has 6 nitrogen and oxygen atoms in total. The number of hydrogen-bond donors (Lipinski definition) is 0. The third kappa shape index (κ3) is 4.86. The van der Waals surface area contributed by atoms with Crippen molar-refractivity contribution in [1.29, 1.82) is 0 Å². The Labute approximate surface area is 238 Å². The Hall–Kier alpha value is -4.84. The first-order valence-electron chi connectivity index (χ1n) is 13.6. The molecule has 206 valence electrons. The molecule has 0 aliphatic carbocycles. The summed E-state index contributed by atoms with van der Waals surface area (Å²) in [6.45, 7) is 6.57. The molecule has 1 aliphatic heterocycles. The second-order valence-electron chi connectivity index (χ2n) is 10.6. The molecule has 41 heavy (non-hydrogen) atoms. The maximum atomic E-state index is 14.1. The highest BCUT2D eigenvalue weighted by Crippen LogP contribution is 2.42. The molecule has 1 unspecified atom stereocenters. The van der Waals surface area contributed by atoms with Crippen LogP contribution in [0.1, 0.15) is 55.5 Å². The van der Waals surface area contributed by atoms with E-state index in [1.807, 2.05) is 106 Å². The number of amides is 1. The number of fused-ring (bicyclic) bond motifs is 2. The minimum atomic E-state index is -0.655. The quantitative estimate of drug-likeness (QED) is 0.219. The van der Waals surface area contributed by atoms with Gasteiger partial charge in [0.2, 0.25) is 5.76 Å². The largest absolute Gasteiger partial charge is 0.493 e. The molecule has 6 rings (SSSR count). The third-order valence-electron chi connectivity index (χ3n) is 7.63. The summed E-state index contributed by atoms with van der Waals surface area (Å²) in [6, 6.07) is 26.6. The number of methoxy groups -OCH3 is 1. The number of rotatable bonds is 7. The van der Waals surface area contributed by atoms with Gasteiger partial charge in [-0.15, -0.1) is 0 Å². The van der Waals surface area contributed by atoms with Crippen LogP contribution >= 0.6 is 0 Å². The van der Waals surface area contributed by atoms with Crippen molar-refractivity contribution in [3.8, 4) is 11.5 Å². The van der Waals surface area contributed by atoms with E-state index < -0.39 is 6.04 Å². The predicted octanol–water partition coefficient (Wildman–Crippen LogP) is 7.05. The number of benzene rings is 4. The van der Waals surface area contributed by atoms with Crippen LogP contribution in [0.2, 0.25) is 0 Å². The van der Waals surface area contributed by atoms with E-state index in [-0.39, 0.29) is 17.1 Å². The van der Waals surface area contributed by atoms with Gasteiger partial charge in [-0.3, -0.25) is 9.59 Å². The van der Waals surface area contributed by atoms with Crippen LogP contribution < -0.4 is 14.9 Å². The number of hydrogen-bond acceptors (Lipinski definition) is 5. The lowest BCUT2D eigenvalue weighted by atomic mass is 9.96. The standard InChI is InChI=1S/C35H31NO5/c1-21-10-12-24(13-11-21)19-36-32(26-14-15-27(28(18-26)39-4)40-20-25-8-6-5-7-9-25)31-33(37)30-23(3)16-22(2)17-29(30)41-34(31)35(36)38/h5-18,32H,19-20H2,1-4H3. The highest BCUT2D eigenvalue weighted by atomic mass is 16.5. The molecule has 6 heteroatoms. The molecule has 1 amide bonds. The van der Waals surface area contributed by atoms with E-state index in [0.717, 1.165) is 33.4 Å². The molecule has 0 saturated carbocycles. The molecule has 0 radical (unpaired) electrons. The van der Waals surface area contributed by atoms with E-state index in [9.17, 15) is 9.59 Å². The zero-order chi connectivity index (χ0) is 28.7. The Morgan fingerprint density at radius 3 is 2.29 bits per heavy atom. The van der Waals surface area contributed by atoms with Gasteiger partial charge in [-0.1, -0.05) is 72.3 Å². The van der Waals surface area contributed by atoms with Crippen molar-refractivity contribution in [1.82, 2.24) is 4.90 Å². The van der Waals surface area contributed by atoms with Gasteiger partial charge in [-0.2, -0.15) is 0 Å².